The fraction of sp³-hybridized carbons (Fsp3) is 0.308. The number of amides is 2. The Bertz CT molecular complexity index is 553. The van der Waals surface area contributed by atoms with Crippen LogP contribution in [-0.4, -0.2) is 36.1 Å². The second kappa shape index (κ2) is 4.38. The quantitative estimate of drug-likeness (QED) is 0.784. The highest BCUT2D eigenvalue weighted by Gasteiger charge is 2.48. The number of hydrazone groups is 1. The number of rotatable bonds is 3. The van der Waals surface area contributed by atoms with Gasteiger partial charge in [-0.25, -0.2) is 0 Å². The molecule has 19 heavy (non-hydrogen) atoms. The first-order valence-electron chi connectivity index (χ1n) is 5.97. The predicted molar refractivity (Wildman–Crippen MR) is 67.5 cm³/mol. The largest absolute Gasteiger partial charge is 0.497 e. The van der Waals surface area contributed by atoms with Crippen LogP contribution in [0.25, 0.3) is 0 Å². The third-order valence-electron chi connectivity index (χ3n) is 3.39. The molecule has 3 rings (SSSR count). The molecule has 1 N–H and O–H groups in total. The Balaban J connectivity index is 1.77. The lowest BCUT2D eigenvalue weighted by Gasteiger charge is -2.15. The summed E-state index contributed by atoms with van der Waals surface area (Å²) in [6.07, 6.45) is 1.50. The van der Waals surface area contributed by atoms with Gasteiger partial charge in [0.25, 0.3) is 5.91 Å². The lowest BCUT2D eigenvalue weighted by Crippen LogP contribution is -2.35. The Morgan fingerprint density at radius 3 is 2.63 bits per heavy atom. The zero-order chi connectivity index (χ0) is 13.4. The van der Waals surface area contributed by atoms with Gasteiger partial charge >= 0.3 is 0 Å². The Kier molecular flexibility index (Phi) is 2.70. The molecule has 0 spiro atoms. The summed E-state index contributed by atoms with van der Waals surface area (Å²) < 4.78 is 5.07. The smallest absolute Gasteiger partial charge is 0.254 e. The highest BCUT2D eigenvalue weighted by molar-refractivity contribution is 6.14. The molecule has 98 valence electrons. The molecule has 6 nitrogen and oxygen atoms in total. The van der Waals surface area contributed by atoms with E-state index in [2.05, 4.69) is 10.5 Å². The Morgan fingerprint density at radius 2 is 2.00 bits per heavy atom. The summed E-state index contributed by atoms with van der Waals surface area (Å²) in [6, 6.07) is 6.77. The van der Waals surface area contributed by atoms with Crippen molar-refractivity contribution in [3.8, 4) is 5.75 Å². The number of carbonyl (C=O) groups is 2. The molecule has 1 aromatic rings. The van der Waals surface area contributed by atoms with E-state index >= 15 is 0 Å². The molecule has 0 aliphatic carbocycles. The molecular formula is C13H13N3O3. The van der Waals surface area contributed by atoms with Crippen molar-refractivity contribution in [2.75, 3.05) is 7.11 Å². The van der Waals surface area contributed by atoms with Gasteiger partial charge in [-0.15, -0.1) is 0 Å². The number of nitrogens with zero attached hydrogens (tertiary/aromatic N) is 2. The van der Waals surface area contributed by atoms with E-state index in [1.165, 1.54) is 11.1 Å². The maximum absolute atomic E-state index is 12.1. The summed E-state index contributed by atoms with van der Waals surface area (Å²) >= 11 is 0. The van der Waals surface area contributed by atoms with Gasteiger partial charge in [0.2, 0.25) is 5.91 Å². The van der Waals surface area contributed by atoms with Crippen LogP contribution < -0.4 is 10.2 Å². The number of nitrogens with one attached hydrogen (secondary N) is 1. The van der Waals surface area contributed by atoms with Crippen LogP contribution in [0.1, 0.15) is 5.56 Å². The third-order valence-corrected chi connectivity index (χ3v) is 3.39. The van der Waals surface area contributed by atoms with Crippen LogP contribution in [0.2, 0.25) is 0 Å². The number of hydrogen-bond donors (Lipinski definition) is 1. The van der Waals surface area contributed by atoms with Crippen molar-refractivity contribution in [2.24, 2.45) is 11.0 Å². The van der Waals surface area contributed by atoms with Gasteiger partial charge in [-0.05, 0) is 17.7 Å². The van der Waals surface area contributed by atoms with E-state index in [1.807, 2.05) is 12.1 Å². The lowest BCUT2D eigenvalue weighted by molar-refractivity contribution is -0.140. The summed E-state index contributed by atoms with van der Waals surface area (Å²) in [5.41, 5.74) is 3.56. The first kappa shape index (κ1) is 11.7. The summed E-state index contributed by atoms with van der Waals surface area (Å²) in [5.74, 6) is -0.123. The standard InChI is InChI=1S/C13H13N3O3/c1-19-9-4-2-8(3-5-9)7-16-12(17)10-6-14-15-11(10)13(16)18/h2-6,10-11,15H,7H2,1H3/t10-,11+/m0/s1. The molecule has 2 amide bonds. The van der Waals surface area contributed by atoms with Crippen molar-refractivity contribution in [1.29, 1.82) is 0 Å². The van der Waals surface area contributed by atoms with Crippen molar-refractivity contribution in [2.45, 2.75) is 12.6 Å². The number of carbonyl (C=O) groups excluding carboxylic acids is 2. The number of fused-ring (bicyclic) bond motifs is 1. The van der Waals surface area contributed by atoms with Gasteiger partial charge in [-0.2, -0.15) is 5.10 Å². The number of benzene rings is 1. The van der Waals surface area contributed by atoms with E-state index < -0.39 is 12.0 Å². The van der Waals surface area contributed by atoms with E-state index in [9.17, 15) is 9.59 Å². The van der Waals surface area contributed by atoms with E-state index in [4.69, 9.17) is 4.74 Å². The van der Waals surface area contributed by atoms with Crippen molar-refractivity contribution < 1.29 is 14.3 Å². The highest BCUT2D eigenvalue weighted by Crippen LogP contribution is 2.24. The van der Waals surface area contributed by atoms with Gasteiger partial charge in [0.15, 0.2) is 0 Å². The van der Waals surface area contributed by atoms with Crippen molar-refractivity contribution in [3.05, 3.63) is 29.8 Å². The monoisotopic (exact) mass is 259 g/mol. The number of hydrogen-bond acceptors (Lipinski definition) is 5. The minimum absolute atomic E-state index is 0.195. The summed E-state index contributed by atoms with van der Waals surface area (Å²) in [5, 5.41) is 3.77. The molecule has 1 aromatic carbocycles. The number of ether oxygens (including phenoxy) is 1. The molecule has 0 bridgehead atoms. The molecule has 2 heterocycles. The summed E-state index contributed by atoms with van der Waals surface area (Å²) in [6.45, 7) is 0.282. The zero-order valence-corrected chi connectivity index (χ0v) is 10.4. The molecule has 1 saturated heterocycles. The van der Waals surface area contributed by atoms with Gasteiger partial charge in [0.1, 0.15) is 17.7 Å². The molecule has 1 fully saturated rings. The van der Waals surface area contributed by atoms with Crippen LogP contribution in [-0.2, 0) is 16.1 Å². The molecule has 2 aliphatic rings. The van der Waals surface area contributed by atoms with Gasteiger partial charge in [0.05, 0.1) is 13.7 Å². The Hall–Kier alpha value is -2.37. The average molecular weight is 259 g/mol. The fourth-order valence-corrected chi connectivity index (χ4v) is 2.31. The topological polar surface area (TPSA) is 71.0 Å². The highest BCUT2D eigenvalue weighted by atomic mass is 16.5. The molecule has 0 aromatic heterocycles. The summed E-state index contributed by atoms with van der Waals surface area (Å²) in [4.78, 5) is 25.4. The Morgan fingerprint density at radius 1 is 1.26 bits per heavy atom. The second-order valence-corrected chi connectivity index (χ2v) is 4.52. The van der Waals surface area contributed by atoms with Crippen LogP contribution in [0.3, 0.4) is 0 Å². The van der Waals surface area contributed by atoms with Gasteiger partial charge in [0, 0.05) is 6.21 Å². The van der Waals surface area contributed by atoms with Crippen LogP contribution in [0, 0.1) is 5.92 Å². The summed E-state index contributed by atoms with van der Waals surface area (Å²) in [7, 11) is 1.59. The molecule has 6 heteroatoms. The molecule has 2 atom stereocenters. The molecule has 0 unspecified atom stereocenters. The maximum atomic E-state index is 12.1. The van der Waals surface area contributed by atoms with Crippen LogP contribution in [0.5, 0.6) is 5.75 Å². The SMILES string of the molecule is COc1ccc(CN2C(=O)[C@H]3C=NN[C@H]3C2=O)cc1. The van der Waals surface area contributed by atoms with Crippen LogP contribution in [0.15, 0.2) is 29.4 Å². The van der Waals surface area contributed by atoms with Crippen LogP contribution in [0.4, 0.5) is 0 Å². The molecule has 0 saturated carbocycles. The minimum atomic E-state index is -0.522. The van der Waals surface area contributed by atoms with E-state index in [1.54, 1.807) is 19.2 Å². The third kappa shape index (κ3) is 1.85. The van der Waals surface area contributed by atoms with E-state index in [-0.39, 0.29) is 18.4 Å². The lowest BCUT2D eigenvalue weighted by atomic mass is 10.1. The zero-order valence-electron chi connectivity index (χ0n) is 10.4. The molecule has 0 radical (unpaired) electrons. The second-order valence-electron chi connectivity index (χ2n) is 4.52. The normalized spacial score (nSPS) is 24.6. The van der Waals surface area contributed by atoms with Crippen molar-refractivity contribution in [1.82, 2.24) is 10.3 Å². The average Bonchev–Trinajstić information content (AvgIpc) is 3.00. The predicted octanol–water partition coefficient (Wildman–Crippen LogP) is 0.138. The first-order valence-corrected chi connectivity index (χ1v) is 5.97. The van der Waals surface area contributed by atoms with E-state index in [0.717, 1.165) is 11.3 Å². The van der Waals surface area contributed by atoms with Crippen molar-refractivity contribution >= 4 is 18.0 Å². The number of likely N-dealkylation sites (tertiary alicyclic amines) is 1. The van der Waals surface area contributed by atoms with Gasteiger partial charge < -0.3 is 4.74 Å². The van der Waals surface area contributed by atoms with Gasteiger partial charge in [-0.3, -0.25) is 19.9 Å². The maximum Gasteiger partial charge on any atom is 0.254 e. The van der Waals surface area contributed by atoms with E-state index in [0.29, 0.717) is 0 Å². The minimum Gasteiger partial charge on any atom is -0.497 e. The first-order chi connectivity index (χ1) is 9.20. The molecule has 2 aliphatic heterocycles. The Labute approximate surface area is 110 Å². The number of imide groups is 1. The van der Waals surface area contributed by atoms with Gasteiger partial charge in [-0.1, -0.05) is 12.1 Å². The van der Waals surface area contributed by atoms with Crippen molar-refractivity contribution in [3.63, 3.8) is 0 Å². The van der Waals surface area contributed by atoms with Crippen LogP contribution >= 0.6 is 0 Å². The molecular weight excluding hydrogens is 246 g/mol. The fourth-order valence-electron chi connectivity index (χ4n) is 2.31. The number of methoxy groups -OCH3 is 1.